The van der Waals surface area contributed by atoms with Crippen molar-refractivity contribution in [2.75, 3.05) is 19.5 Å². The number of rotatable bonds is 7. The van der Waals surface area contributed by atoms with Crippen LogP contribution in [0, 0.1) is 12.8 Å². The Morgan fingerprint density at radius 3 is 2.58 bits per heavy atom. The van der Waals surface area contributed by atoms with E-state index in [0.29, 0.717) is 29.0 Å². The maximum absolute atomic E-state index is 12.0. The molecule has 0 bridgehead atoms. The van der Waals surface area contributed by atoms with Crippen molar-refractivity contribution in [2.45, 2.75) is 33.6 Å². The highest BCUT2D eigenvalue weighted by Gasteiger charge is 2.14. The van der Waals surface area contributed by atoms with E-state index in [1.54, 1.807) is 14.2 Å². The average Bonchev–Trinajstić information content (AvgIpc) is 2.92. The summed E-state index contributed by atoms with van der Waals surface area (Å²) in [6.45, 7) is 6.21. The van der Waals surface area contributed by atoms with Crippen LogP contribution in [0.3, 0.4) is 0 Å². The topological polar surface area (TPSA) is 60.5 Å². The van der Waals surface area contributed by atoms with Crippen LogP contribution in [0.25, 0.3) is 11.3 Å². The predicted octanol–water partition coefficient (Wildman–Crippen LogP) is 4.51. The van der Waals surface area contributed by atoms with Gasteiger partial charge in [-0.15, -0.1) is 11.3 Å². The average molecular weight is 348 g/mol. The summed E-state index contributed by atoms with van der Waals surface area (Å²) in [4.78, 5) is 17.6. The van der Waals surface area contributed by atoms with Crippen molar-refractivity contribution in [2.24, 2.45) is 5.92 Å². The summed E-state index contributed by atoms with van der Waals surface area (Å²) in [6, 6.07) is 5.69. The third-order valence-electron chi connectivity index (χ3n) is 3.65. The molecule has 5 nitrogen and oxygen atoms in total. The number of hydrogen-bond donors (Lipinski definition) is 1. The smallest absolute Gasteiger partial charge is 0.226 e. The van der Waals surface area contributed by atoms with Gasteiger partial charge in [-0.25, -0.2) is 4.98 Å². The first-order valence-corrected chi connectivity index (χ1v) is 8.76. The predicted molar refractivity (Wildman–Crippen MR) is 98.1 cm³/mol. The number of aryl methyl sites for hydroxylation is 1. The molecule has 0 aliphatic heterocycles. The molecule has 24 heavy (non-hydrogen) atoms. The van der Waals surface area contributed by atoms with Gasteiger partial charge in [0.1, 0.15) is 0 Å². The maximum atomic E-state index is 12.0. The lowest BCUT2D eigenvalue weighted by Crippen LogP contribution is -2.11. The van der Waals surface area contributed by atoms with Gasteiger partial charge in [0, 0.05) is 16.9 Å². The standard InChI is InChI=1S/C18H24N2O3S/c1-11(2)6-9-16(21)19-18-20-17(12(3)24-18)13-7-8-14(22-4)15(10-13)23-5/h7-8,10-11H,6,9H2,1-5H3,(H,19,20,21). The molecule has 0 saturated carbocycles. The fraction of sp³-hybridized carbons (Fsp3) is 0.444. The van der Waals surface area contributed by atoms with Crippen LogP contribution in [0.4, 0.5) is 5.13 Å². The molecular formula is C18H24N2O3S. The molecule has 130 valence electrons. The molecule has 0 fully saturated rings. The molecule has 0 spiro atoms. The van der Waals surface area contributed by atoms with Crippen LogP contribution >= 0.6 is 11.3 Å². The molecule has 1 aromatic carbocycles. The number of aromatic nitrogens is 1. The molecule has 1 aromatic heterocycles. The molecule has 1 N–H and O–H groups in total. The van der Waals surface area contributed by atoms with Gasteiger partial charge in [-0.3, -0.25) is 4.79 Å². The lowest BCUT2D eigenvalue weighted by atomic mass is 10.1. The number of nitrogens with zero attached hydrogens (tertiary/aromatic N) is 1. The summed E-state index contributed by atoms with van der Waals surface area (Å²) < 4.78 is 10.6. The third kappa shape index (κ3) is 4.47. The second kappa shape index (κ2) is 8.15. The number of benzene rings is 1. The number of amides is 1. The number of ether oxygens (including phenoxy) is 2. The van der Waals surface area contributed by atoms with Gasteiger partial charge in [0.25, 0.3) is 0 Å². The first kappa shape index (κ1) is 18.3. The number of carbonyl (C=O) groups is 1. The minimum Gasteiger partial charge on any atom is -0.493 e. The molecule has 0 radical (unpaired) electrons. The van der Waals surface area contributed by atoms with Crippen molar-refractivity contribution in [3.05, 3.63) is 23.1 Å². The van der Waals surface area contributed by atoms with Crippen LogP contribution in [0.5, 0.6) is 11.5 Å². The molecule has 1 heterocycles. The first-order valence-electron chi connectivity index (χ1n) is 7.94. The number of nitrogens with one attached hydrogen (secondary N) is 1. The van der Waals surface area contributed by atoms with Crippen molar-refractivity contribution in [1.29, 1.82) is 0 Å². The van der Waals surface area contributed by atoms with Crippen LogP contribution in [0.2, 0.25) is 0 Å². The highest BCUT2D eigenvalue weighted by molar-refractivity contribution is 7.16. The number of methoxy groups -OCH3 is 2. The van der Waals surface area contributed by atoms with Crippen LogP contribution in [-0.2, 0) is 4.79 Å². The lowest BCUT2D eigenvalue weighted by Gasteiger charge is -2.08. The van der Waals surface area contributed by atoms with Crippen molar-refractivity contribution < 1.29 is 14.3 Å². The zero-order chi connectivity index (χ0) is 17.7. The Labute approximate surface area is 147 Å². The Morgan fingerprint density at radius 2 is 1.96 bits per heavy atom. The summed E-state index contributed by atoms with van der Waals surface area (Å²) in [5, 5.41) is 3.52. The second-order valence-corrected chi connectivity index (χ2v) is 7.18. The van der Waals surface area contributed by atoms with E-state index in [0.717, 1.165) is 22.6 Å². The van der Waals surface area contributed by atoms with Crippen molar-refractivity contribution in [3.63, 3.8) is 0 Å². The second-order valence-electron chi connectivity index (χ2n) is 5.97. The lowest BCUT2D eigenvalue weighted by molar-refractivity contribution is -0.116. The van der Waals surface area contributed by atoms with E-state index < -0.39 is 0 Å². The molecule has 0 aliphatic carbocycles. The van der Waals surface area contributed by atoms with Gasteiger partial charge in [0.05, 0.1) is 19.9 Å². The molecule has 0 unspecified atom stereocenters. The van der Waals surface area contributed by atoms with Gasteiger partial charge in [-0.1, -0.05) is 13.8 Å². The Balaban J connectivity index is 2.18. The Kier molecular flexibility index (Phi) is 6.20. The fourth-order valence-electron chi connectivity index (χ4n) is 2.30. The van der Waals surface area contributed by atoms with E-state index in [2.05, 4.69) is 24.1 Å². The van der Waals surface area contributed by atoms with Crippen LogP contribution in [0.15, 0.2) is 18.2 Å². The number of anilines is 1. The monoisotopic (exact) mass is 348 g/mol. The Morgan fingerprint density at radius 1 is 1.25 bits per heavy atom. The molecule has 6 heteroatoms. The summed E-state index contributed by atoms with van der Waals surface area (Å²) in [6.07, 6.45) is 1.39. The highest BCUT2D eigenvalue weighted by Crippen LogP contribution is 2.36. The van der Waals surface area contributed by atoms with Gasteiger partial charge in [-0.2, -0.15) is 0 Å². The fourth-order valence-corrected chi connectivity index (χ4v) is 3.15. The molecule has 0 aliphatic rings. The molecular weight excluding hydrogens is 324 g/mol. The van der Waals surface area contributed by atoms with Crippen molar-refractivity contribution in [3.8, 4) is 22.8 Å². The van der Waals surface area contributed by atoms with Crippen LogP contribution in [-0.4, -0.2) is 25.1 Å². The number of carbonyl (C=O) groups excluding carboxylic acids is 1. The molecule has 1 amide bonds. The summed E-state index contributed by atoms with van der Waals surface area (Å²) in [7, 11) is 3.21. The molecule has 0 atom stereocenters. The van der Waals surface area contributed by atoms with Crippen molar-refractivity contribution in [1.82, 2.24) is 4.98 Å². The van der Waals surface area contributed by atoms with E-state index in [9.17, 15) is 4.79 Å². The van der Waals surface area contributed by atoms with Crippen molar-refractivity contribution >= 4 is 22.4 Å². The summed E-state index contributed by atoms with van der Waals surface area (Å²) in [5.74, 6) is 1.86. The number of hydrogen-bond acceptors (Lipinski definition) is 5. The molecule has 0 saturated heterocycles. The van der Waals surface area contributed by atoms with Gasteiger partial charge >= 0.3 is 0 Å². The third-order valence-corrected chi connectivity index (χ3v) is 4.53. The zero-order valence-electron chi connectivity index (χ0n) is 14.8. The minimum atomic E-state index is 0.0105. The normalized spacial score (nSPS) is 10.8. The SMILES string of the molecule is COc1ccc(-c2nc(NC(=O)CCC(C)C)sc2C)cc1OC. The van der Waals surface area contributed by atoms with E-state index in [1.807, 2.05) is 25.1 Å². The molecule has 2 aromatic rings. The largest absolute Gasteiger partial charge is 0.493 e. The van der Waals surface area contributed by atoms with Gasteiger partial charge < -0.3 is 14.8 Å². The van der Waals surface area contributed by atoms with Gasteiger partial charge in [-0.05, 0) is 37.5 Å². The van der Waals surface area contributed by atoms with E-state index in [4.69, 9.17) is 9.47 Å². The number of thiazole rings is 1. The zero-order valence-corrected chi connectivity index (χ0v) is 15.6. The quantitative estimate of drug-likeness (QED) is 0.800. The first-order chi connectivity index (χ1) is 11.4. The maximum Gasteiger partial charge on any atom is 0.226 e. The summed E-state index contributed by atoms with van der Waals surface area (Å²) in [5.41, 5.74) is 1.78. The highest BCUT2D eigenvalue weighted by atomic mass is 32.1. The van der Waals surface area contributed by atoms with E-state index in [-0.39, 0.29) is 5.91 Å². The van der Waals surface area contributed by atoms with E-state index in [1.165, 1.54) is 11.3 Å². The minimum absolute atomic E-state index is 0.0105. The van der Waals surface area contributed by atoms with Gasteiger partial charge in [0.15, 0.2) is 16.6 Å². The van der Waals surface area contributed by atoms with Crippen LogP contribution < -0.4 is 14.8 Å². The van der Waals surface area contributed by atoms with Gasteiger partial charge in [0.2, 0.25) is 5.91 Å². The van der Waals surface area contributed by atoms with Crippen LogP contribution in [0.1, 0.15) is 31.6 Å². The Bertz CT molecular complexity index is 710. The Hall–Kier alpha value is -2.08. The molecule has 2 rings (SSSR count). The van der Waals surface area contributed by atoms with E-state index >= 15 is 0 Å². The summed E-state index contributed by atoms with van der Waals surface area (Å²) >= 11 is 1.48.